The van der Waals surface area contributed by atoms with E-state index in [9.17, 15) is 9.59 Å². The standard InChI is InChI=1S/C11H15N3O2S/c1-7-11(16)14(4-3-10(15)13-7)6-9-5-12-8(2)17-9/h5,7H,3-4,6H2,1-2H3,(H,13,15). The van der Waals surface area contributed by atoms with Crippen LogP contribution in [0.1, 0.15) is 23.2 Å². The molecule has 2 rings (SSSR count). The zero-order chi connectivity index (χ0) is 12.4. The van der Waals surface area contributed by atoms with Gasteiger partial charge < -0.3 is 10.2 Å². The van der Waals surface area contributed by atoms with Crippen LogP contribution in [0.2, 0.25) is 0 Å². The molecule has 92 valence electrons. The molecular formula is C11H15N3O2S. The first kappa shape index (κ1) is 12.0. The highest BCUT2D eigenvalue weighted by Crippen LogP contribution is 2.16. The van der Waals surface area contributed by atoms with E-state index in [0.29, 0.717) is 19.5 Å². The van der Waals surface area contributed by atoms with Crippen LogP contribution in [0.15, 0.2) is 6.20 Å². The van der Waals surface area contributed by atoms with E-state index < -0.39 is 6.04 Å². The Labute approximate surface area is 104 Å². The Morgan fingerprint density at radius 1 is 1.59 bits per heavy atom. The molecule has 1 aromatic rings. The lowest BCUT2D eigenvalue weighted by Gasteiger charge is -2.21. The number of aryl methyl sites for hydroxylation is 1. The minimum atomic E-state index is -0.431. The van der Waals surface area contributed by atoms with Crippen molar-refractivity contribution < 1.29 is 9.59 Å². The molecule has 1 atom stereocenters. The average Bonchev–Trinajstić information content (AvgIpc) is 2.64. The molecule has 1 saturated heterocycles. The summed E-state index contributed by atoms with van der Waals surface area (Å²) in [7, 11) is 0. The van der Waals surface area contributed by atoms with Gasteiger partial charge in [0.05, 0.1) is 11.6 Å². The van der Waals surface area contributed by atoms with E-state index in [1.165, 1.54) is 0 Å². The molecule has 0 radical (unpaired) electrons. The monoisotopic (exact) mass is 253 g/mol. The molecule has 1 aromatic heterocycles. The van der Waals surface area contributed by atoms with Crippen molar-refractivity contribution in [3.63, 3.8) is 0 Å². The topological polar surface area (TPSA) is 62.3 Å². The molecule has 1 unspecified atom stereocenters. The summed E-state index contributed by atoms with van der Waals surface area (Å²) in [4.78, 5) is 30.3. The third-order valence-corrected chi connectivity index (χ3v) is 3.58. The van der Waals surface area contributed by atoms with Crippen molar-refractivity contribution in [3.8, 4) is 0 Å². The van der Waals surface area contributed by atoms with Gasteiger partial charge in [0.15, 0.2) is 0 Å². The fraction of sp³-hybridized carbons (Fsp3) is 0.545. The molecule has 0 saturated carbocycles. The maximum atomic E-state index is 12.0. The number of thiazole rings is 1. The first-order valence-corrected chi connectivity index (χ1v) is 6.37. The third-order valence-electron chi connectivity index (χ3n) is 2.68. The summed E-state index contributed by atoms with van der Waals surface area (Å²) < 4.78 is 0. The van der Waals surface area contributed by atoms with Crippen LogP contribution in [0.25, 0.3) is 0 Å². The molecule has 1 aliphatic heterocycles. The molecule has 2 amide bonds. The highest BCUT2D eigenvalue weighted by Gasteiger charge is 2.26. The molecular weight excluding hydrogens is 238 g/mol. The predicted octanol–water partition coefficient (Wildman–Crippen LogP) is 0.689. The number of carbonyl (C=O) groups excluding carboxylic acids is 2. The van der Waals surface area contributed by atoms with Crippen LogP contribution in [-0.2, 0) is 16.1 Å². The Hall–Kier alpha value is -1.43. The first-order valence-electron chi connectivity index (χ1n) is 5.55. The molecule has 1 N–H and O–H groups in total. The van der Waals surface area contributed by atoms with Crippen LogP contribution in [0, 0.1) is 6.92 Å². The number of hydrogen-bond donors (Lipinski definition) is 1. The second kappa shape index (κ2) is 4.83. The van der Waals surface area contributed by atoms with Gasteiger partial charge in [-0.15, -0.1) is 11.3 Å². The van der Waals surface area contributed by atoms with E-state index in [4.69, 9.17) is 0 Å². The quantitative estimate of drug-likeness (QED) is 0.843. The van der Waals surface area contributed by atoms with Crippen molar-refractivity contribution in [1.29, 1.82) is 0 Å². The molecule has 17 heavy (non-hydrogen) atoms. The van der Waals surface area contributed by atoms with Gasteiger partial charge in [0.25, 0.3) is 0 Å². The first-order chi connectivity index (χ1) is 8.06. The van der Waals surface area contributed by atoms with E-state index in [1.54, 1.807) is 29.4 Å². The highest BCUT2D eigenvalue weighted by molar-refractivity contribution is 7.11. The summed E-state index contributed by atoms with van der Waals surface area (Å²) in [5.41, 5.74) is 0. The Balaban J connectivity index is 2.08. The van der Waals surface area contributed by atoms with Gasteiger partial charge in [-0.1, -0.05) is 0 Å². The molecule has 0 bridgehead atoms. The number of hydrogen-bond acceptors (Lipinski definition) is 4. The Bertz CT molecular complexity index is 444. The van der Waals surface area contributed by atoms with Crippen molar-refractivity contribution in [2.75, 3.05) is 6.54 Å². The zero-order valence-electron chi connectivity index (χ0n) is 9.90. The minimum Gasteiger partial charge on any atom is -0.345 e. The normalized spacial score (nSPS) is 21.3. The highest BCUT2D eigenvalue weighted by atomic mass is 32.1. The lowest BCUT2D eigenvalue weighted by Crippen LogP contribution is -2.42. The molecule has 0 aliphatic carbocycles. The SMILES string of the molecule is Cc1ncc(CN2CCC(=O)NC(C)C2=O)s1. The van der Waals surface area contributed by atoms with Crippen molar-refractivity contribution in [2.24, 2.45) is 0 Å². The summed E-state index contributed by atoms with van der Waals surface area (Å²) in [6, 6.07) is -0.431. The Morgan fingerprint density at radius 3 is 3.00 bits per heavy atom. The number of carbonyl (C=O) groups is 2. The second-order valence-electron chi connectivity index (χ2n) is 4.14. The Morgan fingerprint density at radius 2 is 2.35 bits per heavy atom. The van der Waals surface area contributed by atoms with Gasteiger partial charge in [0, 0.05) is 24.0 Å². The molecule has 5 nitrogen and oxygen atoms in total. The van der Waals surface area contributed by atoms with Gasteiger partial charge in [0.1, 0.15) is 6.04 Å². The van der Waals surface area contributed by atoms with Crippen molar-refractivity contribution in [3.05, 3.63) is 16.1 Å². The van der Waals surface area contributed by atoms with Gasteiger partial charge in [-0.25, -0.2) is 4.98 Å². The second-order valence-corrected chi connectivity index (χ2v) is 5.46. The fourth-order valence-electron chi connectivity index (χ4n) is 1.82. The summed E-state index contributed by atoms with van der Waals surface area (Å²) in [6.45, 7) is 4.68. The summed E-state index contributed by atoms with van der Waals surface area (Å²) in [5.74, 6) is -0.0873. The smallest absolute Gasteiger partial charge is 0.245 e. The molecule has 2 heterocycles. The number of nitrogens with zero attached hydrogens (tertiary/aromatic N) is 2. The molecule has 0 aromatic carbocycles. The van der Waals surface area contributed by atoms with Crippen LogP contribution >= 0.6 is 11.3 Å². The Kier molecular flexibility index (Phi) is 3.42. The molecule has 1 fully saturated rings. The fourth-order valence-corrected chi connectivity index (χ4v) is 2.63. The van der Waals surface area contributed by atoms with Gasteiger partial charge in [-0.3, -0.25) is 9.59 Å². The van der Waals surface area contributed by atoms with Crippen molar-refractivity contribution >= 4 is 23.2 Å². The van der Waals surface area contributed by atoms with Gasteiger partial charge in [-0.05, 0) is 13.8 Å². The number of amides is 2. The van der Waals surface area contributed by atoms with E-state index in [-0.39, 0.29) is 11.8 Å². The largest absolute Gasteiger partial charge is 0.345 e. The van der Waals surface area contributed by atoms with Gasteiger partial charge >= 0.3 is 0 Å². The summed E-state index contributed by atoms with van der Waals surface area (Å²) in [6.07, 6.45) is 2.16. The van der Waals surface area contributed by atoms with E-state index in [0.717, 1.165) is 9.88 Å². The predicted molar refractivity (Wildman–Crippen MR) is 64.5 cm³/mol. The molecule has 1 aliphatic rings. The number of rotatable bonds is 2. The van der Waals surface area contributed by atoms with Crippen LogP contribution in [0.5, 0.6) is 0 Å². The van der Waals surface area contributed by atoms with E-state index >= 15 is 0 Å². The van der Waals surface area contributed by atoms with Gasteiger partial charge in [0.2, 0.25) is 11.8 Å². The van der Waals surface area contributed by atoms with Crippen LogP contribution in [0.4, 0.5) is 0 Å². The number of aromatic nitrogens is 1. The maximum absolute atomic E-state index is 12.0. The maximum Gasteiger partial charge on any atom is 0.245 e. The van der Waals surface area contributed by atoms with E-state index in [2.05, 4.69) is 10.3 Å². The average molecular weight is 253 g/mol. The summed E-state index contributed by atoms with van der Waals surface area (Å²) in [5, 5.41) is 3.66. The number of nitrogens with one attached hydrogen (secondary N) is 1. The lowest BCUT2D eigenvalue weighted by molar-refractivity contribution is -0.133. The van der Waals surface area contributed by atoms with Crippen LogP contribution in [0.3, 0.4) is 0 Å². The van der Waals surface area contributed by atoms with E-state index in [1.807, 2.05) is 6.92 Å². The van der Waals surface area contributed by atoms with Gasteiger partial charge in [-0.2, -0.15) is 0 Å². The third kappa shape index (κ3) is 2.82. The minimum absolute atomic E-state index is 0.0260. The van der Waals surface area contributed by atoms with Crippen molar-refractivity contribution in [2.45, 2.75) is 32.9 Å². The van der Waals surface area contributed by atoms with Crippen molar-refractivity contribution in [1.82, 2.24) is 15.2 Å². The van der Waals surface area contributed by atoms with Crippen LogP contribution in [-0.4, -0.2) is 34.3 Å². The lowest BCUT2D eigenvalue weighted by atomic mass is 10.3. The van der Waals surface area contributed by atoms with Crippen LogP contribution < -0.4 is 5.32 Å². The summed E-state index contributed by atoms with van der Waals surface area (Å²) >= 11 is 1.58. The molecule has 0 spiro atoms. The molecule has 6 heteroatoms. The zero-order valence-corrected chi connectivity index (χ0v) is 10.7.